The van der Waals surface area contributed by atoms with Crippen molar-refractivity contribution in [2.75, 3.05) is 0 Å². The summed E-state index contributed by atoms with van der Waals surface area (Å²) in [6.07, 6.45) is 1.57. The van der Waals surface area contributed by atoms with Crippen molar-refractivity contribution in [2.24, 2.45) is 0 Å². The molecule has 0 fully saturated rings. The number of hydrogen-bond acceptors (Lipinski definition) is 2. The average molecular weight is 168 g/mol. The van der Waals surface area contributed by atoms with E-state index in [1.165, 1.54) is 0 Å². The Hall–Kier alpha value is -1.32. The first-order valence-corrected chi connectivity index (χ1v) is 3.97. The molecule has 4 nitrogen and oxygen atoms in total. The number of H-pyrrole nitrogens is 1. The Kier molecular flexibility index (Phi) is 2.85. The van der Waals surface area contributed by atoms with Gasteiger partial charge in [0.2, 0.25) is 0 Å². The maximum atomic E-state index is 10.2. The van der Waals surface area contributed by atoms with Gasteiger partial charge in [-0.15, -0.1) is 0 Å². The Morgan fingerprint density at radius 3 is 3.00 bits per heavy atom. The number of carbonyl (C=O) groups is 1. The molecule has 0 bridgehead atoms. The number of carboxylic acids is 1. The third-order valence-electron chi connectivity index (χ3n) is 1.65. The SMILES string of the molecule is CCc1cc(CCC(=O)O)[nH]n1. The summed E-state index contributed by atoms with van der Waals surface area (Å²) in [5.41, 5.74) is 1.88. The van der Waals surface area contributed by atoms with Crippen LogP contribution in [0.3, 0.4) is 0 Å². The van der Waals surface area contributed by atoms with E-state index in [0.29, 0.717) is 6.42 Å². The molecule has 0 amide bonds. The molecular formula is C8H12N2O2. The molecule has 0 saturated heterocycles. The Morgan fingerprint density at radius 1 is 1.75 bits per heavy atom. The molecule has 0 radical (unpaired) electrons. The molecule has 1 rings (SSSR count). The summed E-state index contributed by atoms with van der Waals surface area (Å²) < 4.78 is 0. The maximum absolute atomic E-state index is 10.2. The van der Waals surface area contributed by atoms with E-state index in [-0.39, 0.29) is 6.42 Å². The number of rotatable bonds is 4. The van der Waals surface area contributed by atoms with Crippen LogP contribution in [0.15, 0.2) is 6.07 Å². The summed E-state index contributed by atoms with van der Waals surface area (Å²) in [6.45, 7) is 2.01. The fraction of sp³-hybridized carbons (Fsp3) is 0.500. The number of nitrogens with zero attached hydrogens (tertiary/aromatic N) is 1. The van der Waals surface area contributed by atoms with E-state index in [1.807, 2.05) is 13.0 Å². The standard InChI is InChI=1S/C8H12N2O2/c1-2-6-5-7(10-9-6)3-4-8(11)12/h5H,2-4H2,1H3,(H,9,10)(H,11,12). The molecule has 2 N–H and O–H groups in total. The molecule has 0 saturated carbocycles. The van der Waals surface area contributed by atoms with Crippen LogP contribution in [0.4, 0.5) is 0 Å². The minimum atomic E-state index is -0.775. The van der Waals surface area contributed by atoms with Gasteiger partial charge in [0.15, 0.2) is 0 Å². The molecule has 66 valence electrons. The van der Waals surface area contributed by atoms with Crippen LogP contribution in [0.2, 0.25) is 0 Å². The summed E-state index contributed by atoms with van der Waals surface area (Å²) in [5.74, 6) is -0.775. The van der Waals surface area contributed by atoms with Gasteiger partial charge in [-0.3, -0.25) is 9.89 Å². The summed E-state index contributed by atoms with van der Waals surface area (Å²) in [4.78, 5) is 10.2. The van der Waals surface area contributed by atoms with Crippen LogP contribution >= 0.6 is 0 Å². The lowest BCUT2D eigenvalue weighted by Crippen LogP contribution is -1.97. The monoisotopic (exact) mass is 168 g/mol. The average Bonchev–Trinajstić information content (AvgIpc) is 2.48. The van der Waals surface area contributed by atoms with Crippen molar-refractivity contribution in [1.29, 1.82) is 0 Å². The second-order valence-electron chi connectivity index (χ2n) is 2.63. The quantitative estimate of drug-likeness (QED) is 0.704. The van der Waals surface area contributed by atoms with Gasteiger partial charge >= 0.3 is 5.97 Å². The first-order valence-electron chi connectivity index (χ1n) is 3.97. The van der Waals surface area contributed by atoms with Crippen LogP contribution in [0.1, 0.15) is 24.7 Å². The zero-order chi connectivity index (χ0) is 8.97. The number of hydrogen-bond donors (Lipinski definition) is 2. The van der Waals surface area contributed by atoms with E-state index in [4.69, 9.17) is 5.11 Å². The van der Waals surface area contributed by atoms with Crippen molar-refractivity contribution in [1.82, 2.24) is 10.2 Å². The number of nitrogens with one attached hydrogen (secondary N) is 1. The fourth-order valence-electron chi connectivity index (χ4n) is 0.960. The zero-order valence-corrected chi connectivity index (χ0v) is 7.00. The molecule has 0 aliphatic carbocycles. The highest BCUT2D eigenvalue weighted by Crippen LogP contribution is 2.02. The molecule has 0 spiro atoms. The number of aromatic nitrogens is 2. The summed E-state index contributed by atoms with van der Waals surface area (Å²) >= 11 is 0. The third-order valence-corrected chi connectivity index (χ3v) is 1.65. The Morgan fingerprint density at radius 2 is 2.50 bits per heavy atom. The lowest BCUT2D eigenvalue weighted by molar-refractivity contribution is -0.136. The second kappa shape index (κ2) is 3.90. The van der Waals surface area contributed by atoms with E-state index in [0.717, 1.165) is 17.8 Å². The van der Waals surface area contributed by atoms with Crippen molar-refractivity contribution in [3.63, 3.8) is 0 Å². The Labute approximate surface area is 70.6 Å². The van der Waals surface area contributed by atoms with E-state index < -0.39 is 5.97 Å². The molecule has 1 heterocycles. The van der Waals surface area contributed by atoms with Crippen LogP contribution in [-0.4, -0.2) is 21.3 Å². The number of aryl methyl sites for hydroxylation is 2. The van der Waals surface area contributed by atoms with Gasteiger partial charge < -0.3 is 5.11 Å². The summed E-state index contributed by atoms with van der Waals surface area (Å²) in [6, 6.07) is 1.91. The first kappa shape index (κ1) is 8.77. The van der Waals surface area contributed by atoms with Crippen LogP contribution in [-0.2, 0) is 17.6 Å². The predicted molar refractivity (Wildman–Crippen MR) is 43.9 cm³/mol. The van der Waals surface area contributed by atoms with Gasteiger partial charge in [-0.05, 0) is 18.9 Å². The minimum Gasteiger partial charge on any atom is -0.481 e. The molecule has 1 aromatic heterocycles. The molecule has 1 aromatic rings. The van der Waals surface area contributed by atoms with Gasteiger partial charge in [0.1, 0.15) is 0 Å². The van der Waals surface area contributed by atoms with Gasteiger partial charge in [0.05, 0.1) is 12.1 Å². The molecular weight excluding hydrogens is 156 g/mol. The molecule has 0 aliphatic rings. The highest BCUT2D eigenvalue weighted by molar-refractivity contribution is 5.66. The lowest BCUT2D eigenvalue weighted by Gasteiger charge is -1.90. The van der Waals surface area contributed by atoms with Crippen molar-refractivity contribution in [3.05, 3.63) is 17.5 Å². The van der Waals surface area contributed by atoms with Crippen LogP contribution in [0.25, 0.3) is 0 Å². The van der Waals surface area contributed by atoms with Crippen molar-refractivity contribution in [2.45, 2.75) is 26.2 Å². The third kappa shape index (κ3) is 2.38. The van der Waals surface area contributed by atoms with E-state index in [9.17, 15) is 4.79 Å². The second-order valence-corrected chi connectivity index (χ2v) is 2.63. The zero-order valence-electron chi connectivity index (χ0n) is 7.00. The first-order chi connectivity index (χ1) is 5.72. The molecule has 0 atom stereocenters. The lowest BCUT2D eigenvalue weighted by atomic mass is 10.2. The Balaban J connectivity index is 2.47. The van der Waals surface area contributed by atoms with Crippen molar-refractivity contribution >= 4 is 5.97 Å². The van der Waals surface area contributed by atoms with E-state index in [1.54, 1.807) is 0 Å². The highest BCUT2D eigenvalue weighted by Gasteiger charge is 2.01. The Bertz CT molecular complexity index is 268. The summed E-state index contributed by atoms with van der Waals surface area (Å²) in [5, 5.41) is 15.2. The fourth-order valence-corrected chi connectivity index (χ4v) is 0.960. The maximum Gasteiger partial charge on any atom is 0.303 e. The van der Waals surface area contributed by atoms with Crippen molar-refractivity contribution < 1.29 is 9.90 Å². The smallest absolute Gasteiger partial charge is 0.303 e. The van der Waals surface area contributed by atoms with Crippen LogP contribution in [0.5, 0.6) is 0 Å². The van der Waals surface area contributed by atoms with Gasteiger partial charge in [0, 0.05) is 5.69 Å². The highest BCUT2D eigenvalue weighted by atomic mass is 16.4. The molecule has 4 heteroatoms. The normalized spacial score (nSPS) is 10.1. The minimum absolute atomic E-state index is 0.158. The van der Waals surface area contributed by atoms with Crippen LogP contribution in [0, 0.1) is 0 Å². The topological polar surface area (TPSA) is 66.0 Å². The van der Waals surface area contributed by atoms with Crippen molar-refractivity contribution in [3.8, 4) is 0 Å². The summed E-state index contributed by atoms with van der Waals surface area (Å²) in [7, 11) is 0. The number of aliphatic carboxylic acids is 1. The van der Waals surface area contributed by atoms with Gasteiger partial charge in [-0.1, -0.05) is 6.92 Å². The molecule has 0 aromatic carbocycles. The molecule has 12 heavy (non-hydrogen) atoms. The van der Waals surface area contributed by atoms with Gasteiger partial charge in [-0.2, -0.15) is 5.10 Å². The number of carboxylic acid groups (broad SMARTS) is 1. The van der Waals surface area contributed by atoms with Gasteiger partial charge in [-0.25, -0.2) is 0 Å². The van der Waals surface area contributed by atoms with Gasteiger partial charge in [0.25, 0.3) is 0 Å². The number of aromatic amines is 1. The molecule has 0 unspecified atom stereocenters. The van der Waals surface area contributed by atoms with Crippen LogP contribution < -0.4 is 0 Å². The van der Waals surface area contributed by atoms with E-state index >= 15 is 0 Å². The van der Waals surface area contributed by atoms with E-state index in [2.05, 4.69) is 10.2 Å². The molecule has 0 aliphatic heterocycles. The largest absolute Gasteiger partial charge is 0.481 e. The predicted octanol–water partition coefficient (Wildman–Crippen LogP) is 0.989.